The summed E-state index contributed by atoms with van der Waals surface area (Å²) in [6, 6.07) is 9.58. The maximum atomic E-state index is 12.3. The Balaban J connectivity index is 1.87. The van der Waals surface area contributed by atoms with Gasteiger partial charge in [-0.25, -0.2) is 4.98 Å². The minimum Gasteiger partial charge on any atom is -0.331 e. The van der Waals surface area contributed by atoms with Crippen LogP contribution in [0.2, 0.25) is 0 Å². The number of aromatic amines is 1. The molecule has 1 atom stereocenters. The molecule has 0 aliphatic carbocycles. The van der Waals surface area contributed by atoms with Gasteiger partial charge >= 0.3 is 0 Å². The van der Waals surface area contributed by atoms with E-state index in [-0.39, 0.29) is 11.9 Å². The lowest BCUT2D eigenvalue weighted by Gasteiger charge is -2.22. The van der Waals surface area contributed by atoms with E-state index in [9.17, 15) is 4.79 Å². The van der Waals surface area contributed by atoms with Crippen LogP contribution in [0.5, 0.6) is 0 Å². The zero-order valence-electron chi connectivity index (χ0n) is 11.2. The normalized spacial score (nSPS) is 12.5. The number of para-hydroxylation sites is 1. The van der Waals surface area contributed by atoms with Crippen LogP contribution in [0.1, 0.15) is 28.5 Å². The fraction of sp³-hybridized carbons (Fsp3) is 0.214. The van der Waals surface area contributed by atoms with Crippen LogP contribution < -0.4 is 0 Å². The molecule has 0 saturated heterocycles. The third-order valence-corrected chi connectivity index (χ3v) is 4.51. The van der Waals surface area contributed by atoms with E-state index < -0.39 is 0 Å². The molecule has 3 rings (SSSR count). The maximum absolute atomic E-state index is 12.3. The molecule has 0 bridgehead atoms. The lowest BCUT2D eigenvalue weighted by Crippen LogP contribution is -2.29. The van der Waals surface area contributed by atoms with E-state index in [0.717, 1.165) is 15.2 Å². The van der Waals surface area contributed by atoms with Crippen LogP contribution in [-0.4, -0.2) is 33.0 Å². The predicted octanol–water partition coefficient (Wildman–Crippen LogP) is 2.85. The van der Waals surface area contributed by atoms with Gasteiger partial charge in [0.1, 0.15) is 10.7 Å². The van der Waals surface area contributed by atoms with E-state index in [0.29, 0.717) is 5.69 Å². The predicted molar refractivity (Wildman–Crippen MR) is 78.7 cm³/mol. The number of benzene rings is 1. The van der Waals surface area contributed by atoms with Crippen molar-refractivity contribution in [3.63, 3.8) is 0 Å². The number of H-pyrrole nitrogens is 1. The third-order valence-electron chi connectivity index (χ3n) is 3.30. The van der Waals surface area contributed by atoms with Crippen molar-refractivity contribution < 1.29 is 4.79 Å². The van der Waals surface area contributed by atoms with E-state index in [1.165, 1.54) is 0 Å². The molecule has 1 amide bonds. The molecule has 20 heavy (non-hydrogen) atoms. The molecule has 0 unspecified atom stereocenters. The van der Waals surface area contributed by atoms with Crippen molar-refractivity contribution in [2.75, 3.05) is 7.05 Å². The van der Waals surface area contributed by atoms with E-state index in [4.69, 9.17) is 0 Å². The highest BCUT2D eigenvalue weighted by atomic mass is 32.1. The first-order chi connectivity index (χ1) is 9.66. The van der Waals surface area contributed by atoms with Crippen molar-refractivity contribution >= 4 is 27.5 Å². The summed E-state index contributed by atoms with van der Waals surface area (Å²) in [5, 5.41) is 7.43. The first kappa shape index (κ1) is 12.8. The second-order valence-corrected chi connectivity index (χ2v) is 5.64. The summed E-state index contributed by atoms with van der Waals surface area (Å²) in [5.74, 6) is -0.0887. The van der Waals surface area contributed by atoms with Gasteiger partial charge in [-0.05, 0) is 25.1 Å². The van der Waals surface area contributed by atoms with Gasteiger partial charge in [-0.3, -0.25) is 9.89 Å². The van der Waals surface area contributed by atoms with Crippen LogP contribution in [0.15, 0.2) is 36.5 Å². The minimum atomic E-state index is -0.0887. The zero-order chi connectivity index (χ0) is 14.1. The Labute approximate surface area is 120 Å². The molecule has 0 aliphatic rings. The minimum absolute atomic E-state index is 0.0804. The standard InChI is InChI=1S/C14H14N4OS/c1-9(18(2)14(19)11-7-8-15-17-11)13-16-10-5-3-4-6-12(10)20-13/h3-9H,1-2H3,(H,15,17)/t9-/m0/s1. The number of carbonyl (C=O) groups is 1. The highest BCUT2D eigenvalue weighted by Crippen LogP contribution is 2.29. The van der Waals surface area contributed by atoms with E-state index in [1.54, 1.807) is 35.5 Å². The number of carbonyl (C=O) groups excluding carboxylic acids is 1. The van der Waals surface area contributed by atoms with Gasteiger partial charge in [0.05, 0.1) is 16.3 Å². The molecule has 102 valence electrons. The van der Waals surface area contributed by atoms with Crippen LogP contribution in [-0.2, 0) is 0 Å². The number of nitrogens with one attached hydrogen (secondary N) is 1. The summed E-state index contributed by atoms with van der Waals surface area (Å²) in [4.78, 5) is 18.5. The zero-order valence-corrected chi connectivity index (χ0v) is 12.0. The molecule has 6 heteroatoms. The fourth-order valence-electron chi connectivity index (χ4n) is 1.98. The van der Waals surface area contributed by atoms with Crippen molar-refractivity contribution in [1.82, 2.24) is 20.1 Å². The molecule has 5 nitrogen and oxygen atoms in total. The fourth-order valence-corrected chi connectivity index (χ4v) is 3.04. The molecule has 1 aromatic carbocycles. The van der Waals surface area contributed by atoms with Crippen LogP contribution in [0.3, 0.4) is 0 Å². The van der Waals surface area contributed by atoms with Crippen LogP contribution >= 0.6 is 11.3 Å². The Morgan fingerprint density at radius 3 is 2.85 bits per heavy atom. The van der Waals surface area contributed by atoms with Gasteiger partial charge in [-0.1, -0.05) is 12.1 Å². The van der Waals surface area contributed by atoms with Gasteiger partial charge < -0.3 is 4.90 Å². The highest BCUT2D eigenvalue weighted by Gasteiger charge is 2.22. The number of hydrogen-bond acceptors (Lipinski definition) is 4. The molecule has 1 N–H and O–H groups in total. The van der Waals surface area contributed by atoms with Gasteiger partial charge in [0.15, 0.2) is 0 Å². The van der Waals surface area contributed by atoms with Crippen LogP contribution in [0, 0.1) is 0 Å². The Morgan fingerprint density at radius 1 is 1.35 bits per heavy atom. The molecule has 0 spiro atoms. The lowest BCUT2D eigenvalue weighted by atomic mass is 10.2. The number of thiazole rings is 1. The molecular formula is C14H14N4OS. The van der Waals surface area contributed by atoms with Crippen molar-refractivity contribution in [2.24, 2.45) is 0 Å². The molecule has 0 fully saturated rings. The smallest absolute Gasteiger partial charge is 0.272 e. The number of amides is 1. The molecular weight excluding hydrogens is 272 g/mol. The van der Waals surface area contributed by atoms with E-state index >= 15 is 0 Å². The SMILES string of the molecule is C[C@@H](c1nc2ccccc2s1)N(C)C(=O)c1ccn[nH]1. The number of nitrogens with zero attached hydrogens (tertiary/aromatic N) is 3. The van der Waals surface area contributed by atoms with Gasteiger partial charge in [-0.15, -0.1) is 11.3 Å². The average molecular weight is 286 g/mol. The number of fused-ring (bicyclic) bond motifs is 1. The summed E-state index contributed by atoms with van der Waals surface area (Å²) >= 11 is 1.62. The quantitative estimate of drug-likeness (QED) is 0.805. The van der Waals surface area contributed by atoms with Gasteiger partial charge in [0.2, 0.25) is 0 Å². The van der Waals surface area contributed by atoms with Gasteiger partial charge in [0, 0.05) is 13.2 Å². The van der Waals surface area contributed by atoms with Gasteiger partial charge in [-0.2, -0.15) is 5.10 Å². The highest BCUT2D eigenvalue weighted by molar-refractivity contribution is 7.18. The summed E-state index contributed by atoms with van der Waals surface area (Å²) in [6.07, 6.45) is 1.57. The number of hydrogen-bond donors (Lipinski definition) is 1. The van der Waals surface area contributed by atoms with Crippen molar-refractivity contribution in [2.45, 2.75) is 13.0 Å². The second kappa shape index (κ2) is 5.05. The summed E-state index contributed by atoms with van der Waals surface area (Å²) in [6.45, 7) is 1.98. The van der Waals surface area contributed by atoms with E-state index in [2.05, 4.69) is 15.2 Å². The first-order valence-corrected chi connectivity index (χ1v) is 7.10. The van der Waals surface area contributed by atoms with Crippen LogP contribution in [0.25, 0.3) is 10.2 Å². The molecule has 3 aromatic rings. The number of rotatable bonds is 3. The Morgan fingerprint density at radius 2 is 2.15 bits per heavy atom. The molecule has 2 heterocycles. The lowest BCUT2D eigenvalue weighted by molar-refractivity contribution is 0.0736. The second-order valence-electron chi connectivity index (χ2n) is 4.58. The molecule has 0 saturated carbocycles. The largest absolute Gasteiger partial charge is 0.331 e. The van der Waals surface area contributed by atoms with Gasteiger partial charge in [0.25, 0.3) is 5.91 Å². The topological polar surface area (TPSA) is 61.9 Å². The maximum Gasteiger partial charge on any atom is 0.272 e. The summed E-state index contributed by atoms with van der Waals surface area (Å²) < 4.78 is 1.14. The van der Waals surface area contributed by atoms with Crippen molar-refractivity contribution in [1.29, 1.82) is 0 Å². The van der Waals surface area contributed by atoms with Crippen molar-refractivity contribution in [3.8, 4) is 0 Å². The Kier molecular flexibility index (Phi) is 3.23. The Hall–Kier alpha value is -2.21. The molecule has 0 aliphatic heterocycles. The summed E-state index contributed by atoms with van der Waals surface area (Å²) in [5.41, 5.74) is 1.46. The molecule has 2 aromatic heterocycles. The monoisotopic (exact) mass is 286 g/mol. The third kappa shape index (κ3) is 2.18. The van der Waals surface area contributed by atoms with Crippen LogP contribution in [0.4, 0.5) is 0 Å². The summed E-state index contributed by atoms with van der Waals surface area (Å²) in [7, 11) is 1.78. The molecule has 0 radical (unpaired) electrons. The Bertz CT molecular complexity index is 702. The van der Waals surface area contributed by atoms with E-state index in [1.807, 2.05) is 31.2 Å². The van der Waals surface area contributed by atoms with Crippen molar-refractivity contribution in [3.05, 3.63) is 47.2 Å². The average Bonchev–Trinajstić information content (AvgIpc) is 3.13. The number of aromatic nitrogens is 3. The first-order valence-electron chi connectivity index (χ1n) is 6.29.